The minimum atomic E-state index is -0.455. The number of nitrogens with one attached hydrogen (secondary N) is 3. The Morgan fingerprint density at radius 2 is 1.94 bits per heavy atom. The van der Waals surface area contributed by atoms with Crippen LogP contribution >= 0.6 is 28.1 Å². The summed E-state index contributed by atoms with van der Waals surface area (Å²) in [5, 5.41) is 9.73. The van der Waals surface area contributed by atoms with Crippen molar-refractivity contribution in [1.82, 2.24) is 10.6 Å². The number of rotatable bonds is 8. The van der Waals surface area contributed by atoms with Gasteiger partial charge in [0.1, 0.15) is 0 Å². The number of hydrogen-bond donors (Lipinski definition) is 3. The number of methoxy groups -OCH3 is 1. The molecule has 1 amide bonds. The molecular formula is C24H28BrN3O3S. The molecule has 1 unspecified atom stereocenters. The summed E-state index contributed by atoms with van der Waals surface area (Å²) in [6.07, 6.45) is 1.99. The summed E-state index contributed by atoms with van der Waals surface area (Å²) in [5.74, 6) is 1.03. The molecule has 3 rings (SSSR count). The maximum absolute atomic E-state index is 13.3. The first kappa shape index (κ1) is 24.1. The first-order valence-corrected chi connectivity index (χ1v) is 11.7. The molecule has 32 heavy (non-hydrogen) atoms. The van der Waals surface area contributed by atoms with Crippen LogP contribution in [0.1, 0.15) is 43.9 Å². The molecule has 1 heterocycles. The van der Waals surface area contributed by atoms with Crippen molar-refractivity contribution in [3.63, 3.8) is 0 Å². The predicted octanol–water partition coefficient (Wildman–Crippen LogP) is 5.38. The highest BCUT2D eigenvalue weighted by molar-refractivity contribution is 9.10. The summed E-state index contributed by atoms with van der Waals surface area (Å²) in [7, 11) is 1.60. The molecule has 3 N–H and O–H groups in total. The molecule has 2 aromatic carbocycles. The lowest BCUT2D eigenvalue weighted by atomic mass is 9.94. The molecule has 0 radical (unpaired) electrons. The summed E-state index contributed by atoms with van der Waals surface area (Å²) >= 11 is 8.99. The number of ether oxygens (including phenoxy) is 2. The van der Waals surface area contributed by atoms with Gasteiger partial charge in [0.25, 0.3) is 5.91 Å². The first-order chi connectivity index (χ1) is 15.3. The Hall–Kier alpha value is -2.58. The van der Waals surface area contributed by atoms with E-state index in [1.807, 2.05) is 50.2 Å². The second-order valence-electron chi connectivity index (χ2n) is 7.63. The maximum Gasteiger partial charge on any atom is 0.255 e. The molecule has 0 aromatic heterocycles. The van der Waals surface area contributed by atoms with Gasteiger partial charge in [-0.2, -0.15) is 0 Å². The first-order valence-electron chi connectivity index (χ1n) is 10.5. The van der Waals surface area contributed by atoms with E-state index in [-0.39, 0.29) is 5.91 Å². The van der Waals surface area contributed by atoms with Crippen LogP contribution in [-0.2, 0) is 4.79 Å². The smallest absolute Gasteiger partial charge is 0.255 e. The molecule has 0 fully saturated rings. The van der Waals surface area contributed by atoms with Crippen molar-refractivity contribution in [3.8, 4) is 11.5 Å². The van der Waals surface area contributed by atoms with Gasteiger partial charge in [0.15, 0.2) is 16.6 Å². The fraction of sp³-hybridized carbons (Fsp3) is 0.333. The Balaban J connectivity index is 1.95. The van der Waals surface area contributed by atoms with Crippen LogP contribution in [0.3, 0.4) is 0 Å². The SMILES string of the molecule is CCCCOc1c(Br)cc(C2NC(=S)NC(C)=C2C(=O)Nc2ccc(C)cc2)cc1OC. The van der Waals surface area contributed by atoms with Crippen LogP contribution in [0.25, 0.3) is 0 Å². The van der Waals surface area contributed by atoms with Gasteiger partial charge in [-0.15, -0.1) is 0 Å². The number of carbonyl (C=O) groups excluding carboxylic acids is 1. The van der Waals surface area contributed by atoms with E-state index in [1.54, 1.807) is 7.11 Å². The van der Waals surface area contributed by atoms with Crippen molar-refractivity contribution in [1.29, 1.82) is 0 Å². The molecule has 0 aliphatic carbocycles. The van der Waals surface area contributed by atoms with Gasteiger partial charge >= 0.3 is 0 Å². The number of allylic oxidation sites excluding steroid dienone is 1. The number of benzene rings is 2. The van der Waals surface area contributed by atoms with Gasteiger partial charge in [-0.3, -0.25) is 4.79 Å². The minimum absolute atomic E-state index is 0.211. The van der Waals surface area contributed by atoms with Crippen LogP contribution in [0.5, 0.6) is 11.5 Å². The molecule has 1 aliphatic heterocycles. The van der Waals surface area contributed by atoms with Gasteiger partial charge < -0.3 is 25.4 Å². The van der Waals surface area contributed by atoms with Gasteiger partial charge in [-0.05, 0) is 78.2 Å². The largest absolute Gasteiger partial charge is 0.493 e. The quantitative estimate of drug-likeness (QED) is 0.322. The monoisotopic (exact) mass is 517 g/mol. The molecule has 0 bridgehead atoms. The molecule has 1 atom stereocenters. The van der Waals surface area contributed by atoms with Crippen LogP contribution in [0, 0.1) is 6.92 Å². The van der Waals surface area contributed by atoms with Crippen LogP contribution in [0.2, 0.25) is 0 Å². The molecule has 0 saturated carbocycles. The van der Waals surface area contributed by atoms with E-state index >= 15 is 0 Å². The highest BCUT2D eigenvalue weighted by Crippen LogP contribution is 2.40. The number of halogens is 1. The summed E-state index contributed by atoms with van der Waals surface area (Å²) in [6.45, 7) is 6.57. The molecular weight excluding hydrogens is 490 g/mol. The van der Waals surface area contributed by atoms with E-state index in [9.17, 15) is 4.79 Å². The fourth-order valence-electron chi connectivity index (χ4n) is 3.45. The van der Waals surface area contributed by atoms with Crippen molar-refractivity contribution in [2.24, 2.45) is 0 Å². The zero-order valence-corrected chi connectivity index (χ0v) is 21.1. The topological polar surface area (TPSA) is 71.6 Å². The van der Waals surface area contributed by atoms with Crippen LogP contribution in [0.15, 0.2) is 52.1 Å². The summed E-state index contributed by atoms with van der Waals surface area (Å²) in [5.41, 5.74) is 3.93. The number of carbonyl (C=O) groups is 1. The van der Waals surface area contributed by atoms with Gasteiger partial charge in [0.2, 0.25) is 0 Å². The van der Waals surface area contributed by atoms with E-state index in [1.165, 1.54) is 0 Å². The Bertz CT molecular complexity index is 1040. The molecule has 6 nitrogen and oxygen atoms in total. The van der Waals surface area contributed by atoms with E-state index < -0.39 is 6.04 Å². The van der Waals surface area contributed by atoms with E-state index in [0.717, 1.165) is 34.1 Å². The molecule has 0 spiro atoms. The number of anilines is 1. The van der Waals surface area contributed by atoms with Gasteiger partial charge in [0.05, 0.1) is 29.8 Å². The normalized spacial score (nSPS) is 15.7. The maximum atomic E-state index is 13.3. The zero-order chi connectivity index (χ0) is 23.3. The third kappa shape index (κ3) is 5.61. The Labute approximate surface area is 202 Å². The Morgan fingerprint density at radius 3 is 2.59 bits per heavy atom. The average molecular weight is 518 g/mol. The average Bonchev–Trinajstić information content (AvgIpc) is 2.75. The second-order valence-corrected chi connectivity index (χ2v) is 8.89. The van der Waals surface area contributed by atoms with Crippen molar-refractivity contribution >= 4 is 44.9 Å². The third-order valence-corrected chi connectivity index (χ3v) is 5.96. The van der Waals surface area contributed by atoms with Crippen molar-refractivity contribution in [2.75, 3.05) is 19.0 Å². The zero-order valence-electron chi connectivity index (χ0n) is 18.7. The van der Waals surface area contributed by atoms with Gasteiger partial charge in [-0.25, -0.2) is 0 Å². The summed E-state index contributed by atoms with van der Waals surface area (Å²) < 4.78 is 12.3. The van der Waals surface area contributed by atoms with Crippen molar-refractivity contribution < 1.29 is 14.3 Å². The fourth-order valence-corrected chi connectivity index (χ4v) is 4.29. The van der Waals surface area contributed by atoms with Gasteiger partial charge in [-0.1, -0.05) is 31.0 Å². The lowest BCUT2D eigenvalue weighted by Crippen LogP contribution is -2.45. The Morgan fingerprint density at radius 1 is 1.22 bits per heavy atom. The molecule has 8 heteroatoms. The minimum Gasteiger partial charge on any atom is -0.493 e. The van der Waals surface area contributed by atoms with E-state index in [2.05, 4.69) is 38.8 Å². The number of amides is 1. The lowest BCUT2D eigenvalue weighted by molar-refractivity contribution is -0.113. The summed E-state index contributed by atoms with van der Waals surface area (Å²) in [4.78, 5) is 13.3. The van der Waals surface area contributed by atoms with Crippen LogP contribution < -0.4 is 25.4 Å². The predicted molar refractivity (Wildman–Crippen MR) is 135 cm³/mol. The summed E-state index contributed by atoms with van der Waals surface area (Å²) in [6, 6.07) is 11.0. The molecule has 2 aromatic rings. The van der Waals surface area contributed by atoms with Gasteiger partial charge in [0, 0.05) is 11.4 Å². The number of thiocarbonyl (C=S) groups is 1. The van der Waals surface area contributed by atoms with E-state index in [4.69, 9.17) is 21.7 Å². The van der Waals surface area contributed by atoms with E-state index in [0.29, 0.717) is 34.5 Å². The third-order valence-electron chi connectivity index (χ3n) is 5.15. The van der Waals surface area contributed by atoms with Crippen molar-refractivity contribution in [2.45, 2.75) is 39.7 Å². The number of unbranched alkanes of at least 4 members (excludes halogenated alkanes) is 1. The molecule has 0 saturated heterocycles. The molecule has 170 valence electrons. The van der Waals surface area contributed by atoms with Crippen molar-refractivity contribution in [3.05, 3.63) is 63.3 Å². The molecule has 1 aliphatic rings. The number of aryl methyl sites for hydroxylation is 1. The number of hydrogen-bond acceptors (Lipinski definition) is 4. The standard InChI is InChI=1S/C24H28BrN3O3S/c1-5-6-11-31-22-18(25)12-16(13-19(22)30-4)21-20(15(3)26-24(32)28-21)23(29)27-17-9-7-14(2)8-10-17/h7-10,12-13,21H,5-6,11H2,1-4H3,(H,27,29)(H2,26,28,32). The highest BCUT2D eigenvalue weighted by atomic mass is 79.9. The lowest BCUT2D eigenvalue weighted by Gasteiger charge is -2.31. The highest BCUT2D eigenvalue weighted by Gasteiger charge is 2.31. The Kier molecular flexibility index (Phi) is 8.15. The van der Waals surface area contributed by atoms with Crippen LogP contribution in [0.4, 0.5) is 5.69 Å². The van der Waals surface area contributed by atoms with Crippen LogP contribution in [-0.4, -0.2) is 24.7 Å². The second kappa shape index (κ2) is 10.8.